The Morgan fingerprint density at radius 2 is 1.79 bits per heavy atom. The van der Waals surface area contributed by atoms with E-state index in [1.165, 1.54) is 0 Å². The van der Waals surface area contributed by atoms with E-state index in [-0.39, 0.29) is 13.0 Å². The average Bonchev–Trinajstić information content (AvgIpc) is 2.14. The van der Waals surface area contributed by atoms with Gasteiger partial charge in [-0.2, -0.15) is 13.2 Å². The van der Waals surface area contributed by atoms with E-state index in [4.69, 9.17) is 0 Å². The van der Waals surface area contributed by atoms with Crippen LogP contribution in [0.25, 0.3) is 0 Å². The summed E-state index contributed by atoms with van der Waals surface area (Å²) in [5.74, 6) is 0. The molecular weight excluding hydrogens is 195 g/mol. The fraction of sp³-hybridized carbons (Fsp3) is 0.889. The van der Waals surface area contributed by atoms with Gasteiger partial charge in [0.05, 0.1) is 0 Å². The number of rotatable bonds is 5. The normalized spacial score (nSPS) is 10.1. The van der Waals surface area contributed by atoms with Gasteiger partial charge < -0.3 is 4.90 Å². The molecular formula is C9H18F3NO. The maximum absolute atomic E-state index is 11.7. The van der Waals surface area contributed by atoms with Crippen molar-refractivity contribution in [3.63, 3.8) is 0 Å². The van der Waals surface area contributed by atoms with E-state index < -0.39 is 12.7 Å². The lowest BCUT2D eigenvalue weighted by atomic mass is 10.3. The van der Waals surface area contributed by atoms with Crippen LogP contribution in [0.1, 0.15) is 33.6 Å². The quantitative estimate of drug-likeness (QED) is 0.643. The number of alkyl halides is 3. The van der Waals surface area contributed by atoms with Gasteiger partial charge in [0.2, 0.25) is 6.41 Å². The minimum atomic E-state index is -4.28. The Hall–Kier alpha value is -0.740. The molecule has 0 aromatic heterocycles. The first-order chi connectivity index (χ1) is 6.49. The van der Waals surface area contributed by atoms with E-state index in [1.54, 1.807) is 0 Å². The maximum Gasteiger partial charge on any atom is 0.406 e. The third-order valence-corrected chi connectivity index (χ3v) is 1.33. The smallest absolute Gasteiger partial charge is 0.336 e. The Labute approximate surface area is 83.1 Å². The molecule has 5 heteroatoms. The molecule has 0 heterocycles. The minimum Gasteiger partial charge on any atom is -0.336 e. The second-order valence-electron chi connectivity index (χ2n) is 2.54. The summed E-state index contributed by atoms with van der Waals surface area (Å²) in [7, 11) is 0. The molecule has 0 N–H and O–H groups in total. The molecule has 0 atom stereocenters. The predicted molar refractivity (Wildman–Crippen MR) is 49.9 cm³/mol. The molecule has 0 bridgehead atoms. The third kappa shape index (κ3) is 11.3. The highest BCUT2D eigenvalue weighted by Gasteiger charge is 2.29. The van der Waals surface area contributed by atoms with E-state index in [1.807, 2.05) is 20.8 Å². The molecule has 0 unspecified atom stereocenters. The molecule has 86 valence electrons. The van der Waals surface area contributed by atoms with E-state index in [0.29, 0.717) is 6.42 Å². The van der Waals surface area contributed by atoms with Crippen LogP contribution in [0.15, 0.2) is 0 Å². The van der Waals surface area contributed by atoms with Crippen LogP contribution in [0, 0.1) is 0 Å². The van der Waals surface area contributed by atoms with Crippen molar-refractivity contribution in [3.05, 3.63) is 0 Å². The highest BCUT2D eigenvalue weighted by atomic mass is 19.4. The van der Waals surface area contributed by atoms with Gasteiger partial charge in [0.25, 0.3) is 0 Å². The number of carbonyl (C=O) groups is 1. The molecule has 0 saturated heterocycles. The summed E-state index contributed by atoms with van der Waals surface area (Å²) in [5, 5.41) is 0. The van der Waals surface area contributed by atoms with Crippen LogP contribution in [0.5, 0.6) is 0 Å². The van der Waals surface area contributed by atoms with Crippen molar-refractivity contribution in [3.8, 4) is 0 Å². The molecule has 0 spiro atoms. The lowest BCUT2D eigenvalue weighted by Gasteiger charge is -2.18. The topological polar surface area (TPSA) is 20.3 Å². The van der Waals surface area contributed by atoms with Crippen molar-refractivity contribution in [1.29, 1.82) is 0 Å². The van der Waals surface area contributed by atoms with Gasteiger partial charge in [-0.25, -0.2) is 0 Å². The summed E-state index contributed by atoms with van der Waals surface area (Å²) in [6.45, 7) is 4.90. The largest absolute Gasteiger partial charge is 0.406 e. The first-order valence-corrected chi connectivity index (χ1v) is 4.75. The molecule has 0 fully saturated rings. The summed E-state index contributed by atoms with van der Waals surface area (Å²) in [5.41, 5.74) is 0. The van der Waals surface area contributed by atoms with E-state index in [9.17, 15) is 18.0 Å². The van der Waals surface area contributed by atoms with E-state index >= 15 is 0 Å². The summed E-state index contributed by atoms with van der Waals surface area (Å²) in [6.07, 6.45) is -2.66. The first-order valence-electron chi connectivity index (χ1n) is 4.75. The van der Waals surface area contributed by atoms with Crippen LogP contribution in [0.2, 0.25) is 0 Å². The summed E-state index contributed by atoms with van der Waals surface area (Å²) < 4.78 is 35.2. The number of hydrogen-bond acceptors (Lipinski definition) is 1. The van der Waals surface area contributed by atoms with Crippen molar-refractivity contribution < 1.29 is 18.0 Å². The maximum atomic E-state index is 11.7. The Kier molecular flexibility index (Phi) is 9.93. The summed E-state index contributed by atoms with van der Waals surface area (Å²) in [4.78, 5) is 10.9. The zero-order valence-electron chi connectivity index (χ0n) is 8.90. The minimum absolute atomic E-state index is 0.180. The van der Waals surface area contributed by atoms with Gasteiger partial charge in [-0.15, -0.1) is 0 Å². The Morgan fingerprint density at radius 3 is 2.07 bits per heavy atom. The number of amides is 1. The van der Waals surface area contributed by atoms with Crippen LogP contribution in [-0.4, -0.2) is 30.6 Å². The fourth-order valence-electron chi connectivity index (χ4n) is 0.761. The van der Waals surface area contributed by atoms with Crippen molar-refractivity contribution in [1.82, 2.24) is 4.90 Å². The molecule has 0 saturated carbocycles. The Balaban J connectivity index is 0. The summed E-state index contributed by atoms with van der Waals surface area (Å²) >= 11 is 0. The lowest BCUT2D eigenvalue weighted by molar-refractivity contribution is -0.154. The number of nitrogens with zero attached hydrogens (tertiary/aromatic N) is 1. The second kappa shape index (κ2) is 8.84. The molecule has 0 aromatic carbocycles. The van der Waals surface area contributed by atoms with Gasteiger partial charge in [0.1, 0.15) is 6.54 Å². The second-order valence-corrected chi connectivity index (χ2v) is 2.54. The highest BCUT2D eigenvalue weighted by molar-refractivity contribution is 5.46. The van der Waals surface area contributed by atoms with Gasteiger partial charge in [-0.3, -0.25) is 4.79 Å². The fourth-order valence-corrected chi connectivity index (χ4v) is 0.761. The van der Waals surface area contributed by atoms with Crippen LogP contribution < -0.4 is 0 Å². The molecule has 0 aliphatic carbocycles. The first kappa shape index (κ1) is 15.7. The van der Waals surface area contributed by atoms with Crippen molar-refractivity contribution in [2.45, 2.75) is 39.8 Å². The number of carbonyl (C=O) groups excluding carboxylic acids is 1. The van der Waals surface area contributed by atoms with E-state index in [0.717, 1.165) is 11.3 Å². The SMILES string of the molecule is CC.CCCCN(C=O)CC(F)(F)F. The molecule has 0 aliphatic rings. The standard InChI is InChI=1S/C7H12F3NO.C2H6/c1-2-3-4-11(6-12)5-7(8,9)10;1-2/h6H,2-5H2,1H3;1-2H3. The molecule has 2 nitrogen and oxygen atoms in total. The molecule has 0 radical (unpaired) electrons. The Morgan fingerprint density at radius 1 is 1.29 bits per heavy atom. The van der Waals surface area contributed by atoms with Gasteiger partial charge in [-0.1, -0.05) is 27.2 Å². The summed E-state index contributed by atoms with van der Waals surface area (Å²) in [6, 6.07) is 0. The van der Waals surface area contributed by atoms with Crippen molar-refractivity contribution >= 4 is 6.41 Å². The third-order valence-electron chi connectivity index (χ3n) is 1.33. The molecule has 0 aromatic rings. The zero-order valence-corrected chi connectivity index (χ0v) is 8.90. The zero-order chi connectivity index (χ0) is 11.6. The number of unbranched alkanes of at least 4 members (excludes halogenated alkanes) is 1. The van der Waals surface area contributed by atoms with Gasteiger partial charge in [0, 0.05) is 6.54 Å². The van der Waals surface area contributed by atoms with Gasteiger partial charge >= 0.3 is 6.18 Å². The van der Waals surface area contributed by atoms with Crippen LogP contribution in [-0.2, 0) is 4.79 Å². The molecule has 14 heavy (non-hydrogen) atoms. The molecule has 0 rings (SSSR count). The van der Waals surface area contributed by atoms with Gasteiger partial charge in [-0.05, 0) is 6.42 Å². The molecule has 0 aliphatic heterocycles. The molecule has 1 amide bonds. The highest BCUT2D eigenvalue weighted by Crippen LogP contribution is 2.15. The van der Waals surface area contributed by atoms with Crippen LogP contribution in [0.3, 0.4) is 0 Å². The van der Waals surface area contributed by atoms with Gasteiger partial charge in [0.15, 0.2) is 0 Å². The van der Waals surface area contributed by atoms with Crippen LogP contribution in [0.4, 0.5) is 13.2 Å². The number of hydrogen-bond donors (Lipinski definition) is 0. The van der Waals surface area contributed by atoms with Crippen molar-refractivity contribution in [2.24, 2.45) is 0 Å². The number of halogens is 3. The van der Waals surface area contributed by atoms with E-state index in [2.05, 4.69) is 0 Å². The van der Waals surface area contributed by atoms with Crippen molar-refractivity contribution in [2.75, 3.05) is 13.1 Å². The predicted octanol–water partition coefficient (Wildman–Crippen LogP) is 2.83. The Bertz CT molecular complexity index is 137. The van der Waals surface area contributed by atoms with Crippen LogP contribution >= 0.6 is 0 Å². The lowest BCUT2D eigenvalue weighted by Crippen LogP contribution is -2.33. The monoisotopic (exact) mass is 213 g/mol. The average molecular weight is 213 g/mol.